The van der Waals surface area contributed by atoms with Gasteiger partial charge >= 0.3 is 0 Å². The summed E-state index contributed by atoms with van der Waals surface area (Å²) < 4.78 is 0. The third-order valence-electron chi connectivity index (χ3n) is 4.70. The van der Waals surface area contributed by atoms with Gasteiger partial charge in [-0.15, -0.1) is 0 Å². The van der Waals surface area contributed by atoms with Crippen LogP contribution < -0.4 is 5.32 Å². The maximum atomic E-state index is 3.63. The summed E-state index contributed by atoms with van der Waals surface area (Å²) in [7, 11) is 0. The summed E-state index contributed by atoms with van der Waals surface area (Å²) in [6.07, 6.45) is 19.7. The quantitative estimate of drug-likeness (QED) is 0.503. The van der Waals surface area contributed by atoms with Crippen LogP contribution in [0.25, 0.3) is 0 Å². The molecule has 0 saturated heterocycles. The molecule has 0 unspecified atom stereocenters. The highest BCUT2D eigenvalue weighted by Crippen LogP contribution is 2.27. The van der Waals surface area contributed by atoms with Crippen molar-refractivity contribution in [3.8, 4) is 0 Å². The molecular formula is C17H31N. The maximum absolute atomic E-state index is 3.63. The topological polar surface area (TPSA) is 12.0 Å². The largest absolute Gasteiger partial charge is 0.316 e. The SMILES string of the molecule is C1=C(CCNCCCC2CCCCC2)CCCC1. The highest BCUT2D eigenvalue weighted by atomic mass is 14.8. The van der Waals surface area contributed by atoms with Crippen LogP contribution in [0.2, 0.25) is 0 Å². The van der Waals surface area contributed by atoms with E-state index in [9.17, 15) is 0 Å². The van der Waals surface area contributed by atoms with Crippen LogP contribution >= 0.6 is 0 Å². The first-order valence-electron chi connectivity index (χ1n) is 8.34. The Balaban J connectivity index is 1.42. The van der Waals surface area contributed by atoms with Crippen LogP contribution in [0, 0.1) is 5.92 Å². The van der Waals surface area contributed by atoms with E-state index in [4.69, 9.17) is 0 Å². The molecule has 0 aromatic carbocycles. The van der Waals surface area contributed by atoms with Gasteiger partial charge in [-0.25, -0.2) is 0 Å². The molecule has 0 amide bonds. The lowest BCUT2D eigenvalue weighted by Crippen LogP contribution is -2.18. The molecule has 0 aromatic rings. The molecule has 1 N–H and O–H groups in total. The smallest absolute Gasteiger partial charge is 0.00116 e. The molecule has 0 aliphatic heterocycles. The molecule has 1 heteroatoms. The summed E-state index contributed by atoms with van der Waals surface area (Å²) in [5.41, 5.74) is 1.71. The lowest BCUT2D eigenvalue weighted by atomic mass is 9.86. The molecule has 0 aromatic heterocycles. The van der Waals surface area contributed by atoms with Crippen molar-refractivity contribution in [2.75, 3.05) is 13.1 Å². The minimum absolute atomic E-state index is 1.06. The Morgan fingerprint density at radius 3 is 2.67 bits per heavy atom. The fourth-order valence-corrected chi connectivity index (χ4v) is 3.50. The Morgan fingerprint density at radius 1 is 1.00 bits per heavy atom. The van der Waals surface area contributed by atoms with Crippen molar-refractivity contribution in [3.05, 3.63) is 11.6 Å². The van der Waals surface area contributed by atoms with E-state index in [0.717, 1.165) is 5.92 Å². The van der Waals surface area contributed by atoms with Crippen molar-refractivity contribution >= 4 is 0 Å². The minimum Gasteiger partial charge on any atom is -0.316 e. The predicted molar refractivity (Wildman–Crippen MR) is 79.8 cm³/mol. The van der Waals surface area contributed by atoms with Gasteiger partial charge in [0.15, 0.2) is 0 Å². The first kappa shape index (κ1) is 14.1. The summed E-state index contributed by atoms with van der Waals surface area (Å²) >= 11 is 0. The average molecular weight is 249 g/mol. The van der Waals surface area contributed by atoms with Crippen molar-refractivity contribution in [1.29, 1.82) is 0 Å². The van der Waals surface area contributed by atoms with Crippen molar-refractivity contribution in [2.45, 2.75) is 77.0 Å². The minimum atomic E-state index is 1.06. The Kier molecular flexibility index (Phi) is 6.86. The Hall–Kier alpha value is -0.300. The lowest BCUT2D eigenvalue weighted by Gasteiger charge is -2.21. The zero-order valence-electron chi connectivity index (χ0n) is 12.1. The maximum Gasteiger partial charge on any atom is -0.00116 e. The molecule has 104 valence electrons. The summed E-state index contributed by atoms with van der Waals surface area (Å²) in [5.74, 6) is 1.06. The second-order valence-corrected chi connectivity index (χ2v) is 6.25. The second-order valence-electron chi connectivity index (χ2n) is 6.25. The molecule has 2 aliphatic carbocycles. The monoisotopic (exact) mass is 249 g/mol. The summed E-state index contributed by atoms with van der Waals surface area (Å²) in [6.45, 7) is 2.44. The van der Waals surface area contributed by atoms with E-state index >= 15 is 0 Å². The molecule has 1 saturated carbocycles. The van der Waals surface area contributed by atoms with Gasteiger partial charge in [0.2, 0.25) is 0 Å². The molecular weight excluding hydrogens is 218 g/mol. The van der Waals surface area contributed by atoms with Crippen molar-refractivity contribution in [3.63, 3.8) is 0 Å². The fraction of sp³-hybridized carbons (Fsp3) is 0.882. The van der Waals surface area contributed by atoms with Crippen molar-refractivity contribution in [1.82, 2.24) is 5.32 Å². The number of nitrogens with one attached hydrogen (secondary N) is 1. The molecule has 2 rings (SSSR count). The standard InChI is InChI=1S/C17H31N/c1-3-8-16(9-4-1)12-7-14-18-15-13-17-10-5-2-6-11-17/h10,16,18H,1-9,11-15H2. The van der Waals surface area contributed by atoms with Gasteiger partial charge in [0, 0.05) is 0 Å². The van der Waals surface area contributed by atoms with E-state index in [1.54, 1.807) is 5.57 Å². The lowest BCUT2D eigenvalue weighted by molar-refractivity contribution is 0.330. The molecule has 0 atom stereocenters. The summed E-state index contributed by atoms with van der Waals surface area (Å²) in [5, 5.41) is 3.63. The molecule has 1 fully saturated rings. The Labute approximate surface area is 113 Å². The highest BCUT2D eigenvalue weighted by Gasteiger charge is 2.12. The van der Waals surface area contributed by atoms with Gasteiger partial charge in [0.05, 0.1) is 0 Å². The Bertz CT molecular complexity index is 238. The molecule has 0 radical (unpaired) electrons. The van der Waals surface area contributed by atoms with E-state index in [1.807, 2.05) is 0 Å². The highest BCUT2D eigenvalue weighted by molar-refractivity contribution is 5.05. The zero-order valence-corrected chi connectivity index (χ0v) is 12.1. The third kappa shape index (κ3) is 5.56. The van der Waals surface area contributed by atoms with E-state index in [-0.39, 0.29) is 0 Å². The van der Waals surface area contributed by atoms with Crippen LogP contribution in [-0.2, 0) is 0 Å². The first-order chi connectivity index (χ1) is 8.95. The van der Waals surface area contributed by atoms with E-state index in [0.29, 0.717) is 0 Å². The van der Waals surface area contributed by atoms with Crippen LogP contribution in [-0.4, -0.2) is 13.1 Å². The fourth-order valence-electron chi connectivity index (χ4n) is 3.50. The van der Waals surface area contributed by atoms with Crippen LogP contribution in [0.15, 0.2) is 11.6 Å². The zero-order chi connectivity index (χ0) is 12.5. The molecule has 1 nitrogen and oxygen atoms in total. The first-order valence-corrected chi connectivity index (χ1v) is 8.34. The predicted octanol–water partition coefficient (Wildman–Crippen LogP) is 4.83. The summed E-state index contributed by atoms with van der Waals surface area (Å²) in [6, 6.07) is 0. The number of hydrogen-bond acceptors (Lipinski definition) is 1. The van der Waals surface area contributed by atoms with E-state index < -0.39 is 0 Å². The summed E-state index contributed by atoms with van der Waals surface area (Å²) in [4.78, 5) is 0. The van der Waals surface area contributed by atoms with Gasteiger partial charge in [-0.05, 0) is 64.0 Å². The van der Waals surface area contributed by atoms with Gasteiger partial charge in [0.1, 0.15) is 0 Å². The molecule has 0 heterocycles. The van der Waals surface area contributed by atoms with Crippen LogP contribution in [0.3, 0.4) is 0 Å². The number of hydrogen-bond donors (Lipinski definition) is 1. The van der Waals surface area contributed by atoms with Crippen LogP contribution in [0.1, 0.15) is 77.0 Å². The number of allylic oxidation sites excluding steroid dienone is 1. The van der Waals surface area contributed by atoms with E-state index in [1.165, 1.54) is 90.1 Å². The van der Waals surface area contributed by atoms with Gasteiger partial charge in [0.25, 0.3) is 0 Å². The van der Waals surface area contributed by atoms with Gasteiger partial charge < -0.3 is 5.32 Å². The van der Waals surface area contributed by atoms with E-state index in [2.05, 4.69) is 11.4 Å². The Morgan fingerprint density at radius 2 is 1.89 bits per heavy atom. The van der Waals surface area contributed by atoms with Crippen LogP contribution in [0.5, 0.6) is 0 Å². The van der Waals surface area contributed by atoms with Crippen LogP contribution in [0.4, 0.5) is 0 Å². The van der Waals surface area contributed by atoms with Crippen molar-refractivity contribution in [2.24, 2.45) is 5.92 Å². The third-order valence-corrected chi connectivity index (χ3v) is 4.70. The molecule has 2 aliphatic rings. The molecule has 0 bridgehead atoms. The normalized spacial score (nSPS) is 21.9. The van der Waals surface area contributed by atoms with Gasteiger partial charge in [-0.1, -0.05) is 43.8 Å². The van der Waals surface area contributed by atoms with Gasteiger partial charge in [-0.3, -0.25) is 0 Å². The molecule has 0 spiro atoms. The van der Waals surface area contributed by atoms with Crippen molar-refractivity contribution < 1.29 is 0 Å². The average Bonchev–Trinajstić information content (AvgIpc) is 2.45. The second kappa shape index (κ2) is 8.74. The molecule has 18 heavy (non-hydrogen) atoms. The number of rotatable bonds is 7. The van der Waals surface area contributed by atoms with Gasteiger partial charge in [-0.2, -0.15) is 0 Å².